The fourth-order valence-corrected chi connectivity index (χ4v) is 14.6. The zero-order valence-corrected chi connectivity index (χ0v) is 37.3. The molecule has 4 unspecified atom stereocenters. The Hall–Kier alpha value is -3.76. The molecule has 0 amide bonds. The quantitative estimate of drug-likeness (QED) is 0.0858. The number of nitrogens with zero attached hydrogens (tertiary/aromatic N) is 2. The third kappa shape index (κ3) is 6.83. The number of thiophene rings is 3. The molecule has 0 spiro atoms. The summed E-state index contributed by atoms with van der Waals surface area (Å²) in [6, 6.07) is 22.4. The summed E-state index contributed by atoms with van der Waals surface area (Å²) in [6.07, 6.45) is 8.63. The summed E-state index contributed by atoms with van der Waals surface area (Å²) in [5, 5.41) is 1.29. The molecule has 59 heavy (non-hydrogen) atoms. The summed E-state index contributed by atoms with van der Waals surface area (Å²) >= 11 is 28.2. The summed E-state index contributed by atoms with van der Waals surface area (Å²) in [5.41, 5.74) is 0.918. The van der Waals surface area contributed by atoms with Gasteiger partial charge in [0.2, 0.25) is 0 Å². The van der Waals surface area contributed by atoms with Crippen LogP contribution in [0.15, 0.2) is 82.8 Å². The first-order valence-electron chi connectivity index (χ1n) is 19.9. The molecule has 0 bridgehead atoms. The number of hydrogen-bond acceptors (Lipinski definition) is 14. The van der Waals surface area contributed by atoms with E-state index in [4.69, 9.17) is 73.1 Å². The third-order valence-electron chi connectivity index (χ3n) is 12.1. The standard InChI is InChI=1S/C45H36N2O5S7/c48-43(50-21-23-11-3-1-4-12-23)45(44(49)51-22-24-13-5-2-6-14-24)29-19-31(46-33-36(53)25-15-7-8-16-26(25)37(33)54)58-40(29)42-35(52-45)41-30(57-42)20-32(59-41)47-34-38(55)27-17-9-10-18-28(27)39(34)56/h1-6,11-14,19-20,25-28H,7-10,15-18,21-22H2. The minimum absolute atomic E-state index is 0.0783. The molecule has 5 aromatic rings. The maximum absolute atomic E-state index is 14.9. The van der Waals surface area contributed by atoms with Gasteiger partial charge in [-0.25, -0.2) is 19.6 Å². The molecule has 1 aliphatic heterocycles. The van der Waals surface area contributed by atoms with Crippen LogP contribution in [-0.4, -0.2) is 42.8 Å². The number of thiocarbonyl (C=S) groups is 4. The van der Waals surface area contributed by atoms with Crippen molar-refractivity contribution in [3.05, 3.63) is 89.5 Å². The molecule has 7 nitrogen and oxygen atoms in total. The largest absolute Gasteiger partial charge is 0.457 e. The number of benzene rings is 2. The molecular formula is C45H36N2O5S7. The Kier molecular flexibility index (Phi) is 10.6. The zero-order valence-electron chi connectivity index (χ0n) is 31.6. The lowest BCUT2D eigenvalue weighted by molar-refractivity contribution is -0.183. The van der Waals surface area contributed by atoms with Gasteiger partial charge in [-0.1, -0.05) is 135 Å². The predicted octanol–water partition coefficient (Wildman–Crippen LogP) is 12.0. The molecule has 4 fully saturated rings. The van der Waals surface area contributed by atoms with Gasteiger partial charge in [0.1, 0.15) is 23.2 Å². The molecule has 0 radical (unpaired) electrons. The van der Waals surface area contributed by atoms with E-state index < -0.39 is 17.5 Å². The molecule has 0 N–H and O–H groups in total. The first kappa shape index (κ1) is 39.4. The Balaban J connectivity index is 1.10. The molecule has 4 atom stereocenters. The van der Waals surface area contributed by atoms with Gasteiger partial charge in [0, 0.05) is 48.7 Å². The van der Waals surface area contributed by atoms with Crippen LogP contribution in [0.1, 0.15) is 68.1 Å². The fourth-order valence-electron chi connectivity index (χ4n) is 9.16. The van der Waals surface area contributed by atoms with Crippen LogP contribution >= 0.6 is 82.9 Å². The highest BCUT2D eigenvalue weighted by Crippen LogP contribution is 2.60. The maximum Gasteiger partial charge on any atom is 0.367 e. The van der Waals surface area contributed by atoms with Gasteiger partial charge in [-0.3, -0.25) is 0 Å². The van der Waals surface area contributed by atoms with E-state index in [-0.39, 0.29) is 36.9 Å². The van der Waals surface area contributed by atoms with E-state index >= 15 is 0 Å². The number of carbonyl (C=O) groups excluding carboxylic acids is 2. The zero-order chi connectivity index (χ0) is 40.4. The van der Waals surface area contributed by atoms with E-state index in [1.54, 1.807) is 6.07 Å². The minimum Gasteiger partial charge on any atom is -0.457 e. The van der Waals surface area contributed by atoms with Crippen molar-refractivity contribution in [1.29, 1.82) is 0 Å². The molecule has 4 saturated carbocycles. The Morgan fingerprint density at radius 1 is 0.627 bits per heavy atom. The fraction of sp³-hybridized carbons (Fsp3) is 0.333. The van der Waals surface area contributed by atoms with Crippen LogP contribution in [0, 0.1) is 23.7 Å². The van der Waals surface area contributed by atoms with Crippen molar-refractivity contribution in [2.45, 2.75) is 70.2 Å². The Labute approximate surface area is 374 Å². The van der Waals surface area contributed by atoms with Gasteiger partial charge in [-0.15, -0.1) is 34.0 Å². The van der Waals surface area contributed by atoms with Gasteiger partial charge in [-0.2, -0.15) is 0 Å². The van der Waals surface area contributed by atoms with Crippen molar-refractivity contribution in [1.82, 2.24) is 0 Å². The highest BCUT2D eigenvalue weighted by atomic mass is 32.1. The SMILES string of the molecule is O=C(OCc1ccccc1)C1(C(=O)OCc2ccccc2)Oc2c(sc3cc(N=C4C(=S)C5CCCCC5C4=S)sc23)-c2sc(N=C3C(=S)C4CCCCC4C3=S)cc21. The number of ether oxygens (including phenoxy) is 3. The molecule has 5 aliphatic rings. The molecular weight excluding hydrogens is 873 g/mol. The first-order chi connectivity index (χ1) is 28.7. The van der Waals surface area contributed by atoms with Crippen molar-refractivity contribution in [3.63, 3.8) is 0 Å². The summed E-state index contributed by atoms with van der Waals surface area (Å²) in [7, 11) is 0. The third-order valence-corrected chi connectivity index (χ3v) is 17.6. The highest BCUT2D eigenvalue weighted by molar-refractivity contribution is 7.86. The van der Waals surface area contributed by atoms with Crippen LogP contribution < -0.4 is 4.74 Å². The molecule has 4 aliphatic carbocycles. The van der Waals surface area contributed by atoms with E-state index in [0.29, 0.717) is 26.9 Å². The van der Waals surface area contributed by atoms with Crippen LogP contribution in [0.5, 0.6) is 5.75 Å². The second-order valence-electron chi connectivity index (χ2n) is 15.6. The van der Waals surface area contributed by atoms with Crippen molar-refractivity contribution in [2.24, 2.45) is 33.7 Å². The van der Waals surface area contributed by atoms with Crippen LogP contribution in [0.4, 0.5) is 10.0 Å². The van der Waals surface area contributed by atoms with E-state index in [1.165, 1.54) is 34.0 Å². The molecule has 2 aromatic carbocycles. The lowest BCUT2D eigenvalue weighted by Crippen LogP contribution is -2.52. The first-order valence-corrected chi connectivity index (χ1v) is 24.0. The molecule has 0 saturated heterocycles. The predicted molar refractivity (Wildman–Crippen MR) is 253 cm³/mol. The smallest absolute Gasteiger partial charge is 0.367 e. The van der Waals surface area contributed by atoms with Gasteiger partial charge >= 0.3 is 17.5 Å². The van der Waals surface area contributed by atoms with Gasteiger partial charge in [0.15, 0.2) is 5.75 Å². The summed E-state index contributed by atoms with van der Waals surface area (Å²) in [4.78, 5) is 44.7. The summed E-state index contributed by atoms with van der Waals surface area (Å²) in [5.74, 6) is -0.394. The maximum atomic E-state index is 14.9. The van der Waals surface area contributed by atoms with Crippen LogP contribution in [0.25, 0.3) is 19.2 Å². The normalized spacial score (nSPS) is 23.0. The number of rotatable bonds is 8. The van der Waals surface area contributed by atoms with Crippen molar-refractivity contribution in [3.8, 4) is 15.5 Å². The second kappa shape index (κ2) is 15.9. The van der Waals surface area contributed by atoms with Crippen molar-refractivity contribution >= 4 is 145 Å². The van der Waals surface area contributed by atoms with E-state index in [9.17, 15) is 9.59 Å². The number of esters is 2. The molecule has 298 valence electrons. The minimum atomic E-state index is -2.32. The number of fused-ring (bicyclic) bond motifs is 7. The van der Waals surface area contributed by atoms with Crippen LogP contribution in [0.3, 0.4) is 0 Å². The van der Waals surface area contributed by atoms with Crippen molar-refractivity contribution < 1.29 is 23.8 Å². The lowest BCUT2D eigenvalue weighted by atomic mass is 9.82. The van der Waals surface area contributed by atoms with Crippen LogP contribution in [-0.2, 0) is 37.9 Å². The van der Waals surface area contributed by atoms with Gasteiger partial charge < -0.3 is 14.2 Å². The number of aliphatic imine (C=N–C) groups is 2. The van der Waals surface area contributed by atoms with E-state index in [2.05, 4.69) is 0 Å². The summed E-state index contributed by atoms with van der Waals surface area (Å²) in [6.45, 7) is -0.157. The van der Waals surface area contributed by atoms with Gasteiger partial charge in [0.25, 0.3) is 0 Å². The average Bonchev–Trinajstić information content (AvgIpc) is 4.06. The Morgan fingerprint density at radius 3 is 1.56 bits per heavy atom. The average molecular weight is 909 g/mol. The van der Waals surface area contributed by atoms with Crippen LogP contribution in [0.2, 0.25) is 0 Å². The number of hydrogen-bond donors (Lipinski definition) is 0. The lowest BCUT2D eigenvalue weighted by Gasteiger charge is -2.33. The van der Waals surface area contributed by atoms with E-state index in [1.807, 2.05) is 66.7 Å². The second-order valence-corrected chi connectivity index (χ2v) is 20.5. The molecule has 4 heterocycles. The Morgan fingerprint density at radius 2 is 1.08 bits per heavy atom. The monoisotopic (exact) mass is 908 g/mol. The molecule has 3 aromatic heterocycles. The topological polar surface area (TPSA) is 86.6 Å². The van der Waals surface area contributed by atoms with Gasteiger partial charge in [0.05, 0.1) is 30.6 Å². The Bertz CT molecular complexity index is 2550. The van der Waals surface area contributed by atoms with Gasteiger partial charge in [-0.05, 0) is 48.9 Å². The molecule has 14 heteroatoms. The van der Waals surface area contributed by atoms with E-state index in [0.717, 1.165) is 107 Å². The summed E-state index contributed by atoms with van der Waals surface area (Å²) < 4.78 is 20.6. The molecule has 10 rings (SSSR count). The van der Waals surface area contributed by atoms with Crippen molar-refractivity contribution in [2.75, 3.05) is 0 Å². The highest BCUT2D eigenvalue weighted by Gasteiger charge is 2.59. The number of carbonyl (C=O) groups is 2.